The molecule has 0 aliphatic heterocycles. The lowest BCUT2D eigenvalue weighted by Crippen LogP contribution is -2.05. The molecule has 10 heteroatoms. The lowest BCUT2D eigenvalue weighted by molar-refractivity contribution is 0.483. The third kappa shape index (κ3) is 4.50. The lowest BCUT2D eigenvalue weighted by Gasteiger charge is -2.11. The van der Waals surface area contributed by atoms with Crippen molar-refractivity contribution in [3.05, 3.63) is 96.2 Å². The van der Waals surface area contributed by atoms with Gasteiger partial charge in [-0.15, -0.1) is 0 Å². The van der Waals surface area contributed by atoms with Crippen LogP contribution in [0.15, 0.2) is 96.2 Å². The van der Waals surface area contributed by atoms with Crippen molar-refractivity contribution in [2.75, 3.05) is 10.6 Å². The molecule has 0 radical (unpaired) electrons. The molecule has 0 atom stereocenters. The van der Waals surface area contributed by atoms with E-state index < -0.39 is 0 Å². The fourth-order valence-corrected chi connectivity index (χ4v) is 4.09. The highest BCUT2D eigenvalue weighted by Gasteiger charge is 2.16. The summed E-state index contributed by atoms with van der Waals surface area (Å²) in [7, 11) is 0. The van der Waals surface area contributed by atoms with Crippen LogP contribution < -0.4 is 15.4 Å². The molecular formula is C25H18N8OS. The molecule has 2 N–H and O–H groups in total. The summed E-state index contributed by atoms with van der Waals surface area (Å²) in [5.41, 5.74) is 3.10. The quantitative estimate of drug-likeness (QED) is 0.290. The normalized spacial score (nSPS) is 10.9. The first-order valence-corrected chi connectivity index (χ1v) is 11.7. The minimum absolute atomic E-state index is 0.354. The molecule has 0 spiro atoms. The van der Waals surface area contributed by atoms with Gasteiger partial charge in [0.15, 0.2) is 17.0 Å². The van der Waals surface area contributed by atoms with Gasteiger partial charge in [-0.25, -0.2) is 15.0 Å². The van der Waals surface area contributed by atoms with Crippen molar-refractivity contribution in [3.8, 4) is 17.2 Å². The van der Waals surface area contributed by atoms with Gasteiger partial charge in [0.1, 0.15) is 17.8 Å². The van der Waals surface area contributed by atoms with E-state index in [0.29, 0.717) is 28.9 Å². The van der Waals surface area contributed by atoms with E-state index in [2.05, 4.69) is 30.6 Å². The first-order chi connectivity index (χ1) is 17.3. The van der Waals surface area contributed by atoms with Gasteiger partial charge in [-0.05, 0) is 53.9 Å². The van der Waals surface area contributed by atoms with Crippen LogP contribution in [-0.4, -0.2) is 29.5 Å². The van der Waals surface area contributed by atoms with Crippen LogP contribution in [0.25, 0.3) is 16.9 Å². The van der Waals surface area contributed by atoms with Crippen LogP contribution in [0.2, 0.25) is 0 Å². The Kier molecular flexibility index (Phi) is 5.45. The van der Waals surface area contributed by atoms with Crippen molar-refractivity contribution in [2.24, 2.45) is 0 Å². The van der Waals surface area contributed by atoms with Crippen LogP contribution in [-0.2, 0) is 0 Å². The van der Waals surface area contributed by atoms with Gasteiger partial charge in [-0.1, -0.05) is 18.2 Å². The van der Waals surface area contributed by atoms with E-state index in [1.54, 1.807) is 36.1 Å². The standard InChI is InChI=1S/C25H18N8OS/c1-2-5-19(6-3-1)34-20-9-7-17(8-10-20)29-22-21-23(33(16-28-21)18-11-14-35-15-18)31-25(30-22)32-24-26-12-4-13-27-24/h1-16H,(H2,26,27,29,30,31,32). The zero-order valence-corrected chi connectivity index (χ0v) is 19.1. The van der Waals surface area contributed by atoms with Gasteiger partial charge in [0, 0.05) is 23.5 Å². The second kappa shape index (κ2) is 9.20. The average Bonchev–Trinajstić information content (AvgIpc) is 3.57. The fraction of sp³-hybridized carbons (Fsp3) is 0. The number of ether oxygens (including phenoxy) is 1. The zero-order valence-electron chi connectivity index (χ0n) is 18.2. The smallest absolute Gasteiger partial charge is 0.233 e. The molecule has 6 aromatic rings. The topological polar surface area (TPSA) is 103 Å². The molecule has 0 saturated heterocycles. The van der Waals surface area contributed by atoms with Gasteiger partial charge in [-0.2, -0.15) is 21.3 Å². The SMILES string of the molecule is c1ccc(Oc2ccc(Nc3nc(Nc4ncccn4)nc4c3ncn4-c3ccsc3)cc2)cc1. The number of hydrogen-bond acceptors (Lipinski definition) is 9. The minimum atomic E-state index is 0.354. The number of benzene rings is 2. The molecule has 0 fully saturated rings. The van der Waals surface area contributed by atoms with Crippen LogP contribution >= 0.6 is 11.3 Å². The summed E-state index contributed by atoms with van der Waals surface area (Å²) in [4.78, 5) is 22.4. The summed E-state index contributed by atoms with van der Waals surface area (Å²) < 4.78 is 7.82. The Morgan fingerprint density at radius 3 is 2.31 bits per heavy atom. The molecule has 170 valence electrons. The van der Waals surface area contributed by atoms with Crippen LogP contribution in [0.4, 0.5) is 23.4 Å². The monoisotopic (exact) mass is 478 g/mol. The third-order valence-electron chi connectivity index (χ3n) is 5.07. The van der Waals surface area contributed by atoms with Gasteiger partial charge in [0.25, 0.3) is 0 Å². The van der Waals surface area contributed by atoms with E-state index in [1.807, 2.05) is 76.0 Å². The molecule has 0 aliphatic rings. The number of nitrogens with one attached hydrogen (secondary N) is 2. The maximum absolute atomic E-state index is 5.89. The number of imidazole rings is 1. The molecule has 2 aromatic carbocycles. The summed E-state index contributed by atoms with van der Waals surface area (Å²) >= 11 is 1.61. The van der Waals surface area contributed by atoms with E-state index in [9.17, 15) is 0 Å². The molecule has 4 aromatic heterocycles. The molecule has 4 heterocycles. The Bertz CT molecular complexity index is 1550. The Balaban J connectivity index is 1.34. The van der Waals surface area contributed by atoms with E-state index in [4.69, 9.17) is 9.72 Å². The van der Waals surface area contributed by atoms with Crippen LogP contribution in [0.5, 0.6) is 11.5 Å². The van der Waals surface area contributed by atoms with E-state index in [0.717, 1.165) is 22.9 Å². The molecular weight excluding hydrogens is 460 g/mol. The first kappa shape index (κ1) is 20.8. The van der Waals surface area contributed by atoms with Crippen molar-refractivity contribution in [2.45, 2.75) is 0 Å². The van der Waals surface area contributed by atoms with E-state index in [1.165, 1.54) is 0 Å². The number of thiophene rings is 1. The summed E-state index contributed by atoms with van der Waals surface area (Å²) in [5, 5.41) is 10.5. The lowest BCUT2D eigenvalue weighted by atomic mass is 10.3. The Hall–Kier alpha value is -4.83. The molecule has 0 amide bonds. The largest absolute Gasteiger partial charge is 0.457 e. The van der Waals surface area contributed by atoms with Crippen molar-refractivity contribution in [1.82, 2.24) is 29.5 Å². The van der Waals surface area contributed by atoms with Crippen LogP contribution in [0.1, 0.15) is 0 Å². The number of para-hydroxylation sites is 1. The van der Waals surface area contributed by atoms with Crippen molar-refractivity contribution < 1.29 is 4.74 Å². The van der Waals surface area contributed by atoms with Gasteiger partial charge < -0.3 is 10.1 Å². The molecule has 0 saturated carbocycles. The number of hydrogen-bond donors (Lipinski definition) is 2. The van der Waals surface area contributed by atoms with Crippen molar-refractivity contribution in [3.63, 3.8) is 0 Å². The summed E-state index contributed by atoms with van der Waals surface area (Å²) in [6.45, 7) is 0. The fourth-order valence-electron chi connectivity index (χ4n) is 3.46. The second-order valence-electron chi connectivity index (χ2n) is 7.43. The van der Waals surface area contributed by atoms with Gasteiger partial charge in [-0.3, -0.25) is 9.88 Å². The highest BCUT2D eigenvalue weighted by molar-refractivity contribution is 7.08. The minimum Gasteiger partial charge on any atom is -0.457 e. The maximum atomic E-state index is 5.89. The van der Waals surface area contributed by atoms with Crippen molar-refractivity contribution in [1.29, 1.82) is 0 Å². The highest BCUT2D eigenvalue weighted by Crippen LogP contribution is 2.29. The number of aromatic nitrogens is 6. The molecule has 35 heavy (non-hydrogen) atoms. The molecule has 0 unspecified atom stereocenters. The summed E-state index contributed by atoms with van der Waals surface area (Å²) in [6, 6.07) is 21.1. The second-order valence-corrected chi connectivity index (χ2v) is 8.21. The van der Waals surface area contributed by atoms with Gasteiger partial charge >= 0.3 is 0 Å². The predicted octanol–water partition coefficient (Wildman–Crippen LogP) is 5.95. The highest BCUT2D eigenvalue weighted by atomic mass is 32.1. The van der Waals surface area contributed by atoms with Crippen molar-refractivity contribution >= 4 is 45.9 Å². The van der Waals surface area contributed by atoms with Gasteiger partial charge in [0.2, 0.25) is 11.9 Å². The van der Waals surface area contributed by atoms with E-state index in [-0.39, 0.29) is 0 Å². The molecule has 6 rings (SSSR count). The third-order valence-corrected chi connectivity index (χ3v) is 5.74. The number of fused-ring (bicyclic) bond motifs is 1. The Labute approximate surface area is 204 Å². The predicted molar refractivity (Wildman–Crippen MR) is 136 cm³/mol. The zero-order chi connectivity index (χ0) is 23.5. The number of nitrogens with zero attached hydrogens (tertiary/aromatic N) is 6. The Morgan fingerprint density at radius 2 is 1.54 bits per heavy atom. The molecule has 9 nitrogen and oxygen atoms in total. The maximum Gasteiger partial charge on any atom is 0.233 e. The molecule has 0 bridgehead atoms. The number of rotatable bonds is 7. The average molecular weight is 479 g/mol. The van der Waals surface area contributed by atoms with Crippen LogP contribution in [0.3, 0.4) is 0 Å². The first-order valence-electron chi connectivity index (χ1n) is 10.7. The molecule has 0 aliphatic carbocycles. The number of anilines is 4. The summed E-state index contributed by atoms with van der Waals surface area (Å²) in [6.07, 6.45) is 5.05. The van der Waals surface area contributed by atoms with Gasteiger partial charge in [0.05, 0.1) is 5.69 Å². The Morgan fingerprint density at radius 1 is 0.743 bits per heavy atom. The summed E-state index contributed by atoms with van der Waals surface area (Å²) in [5.74, 6) is 2.83. The van der Waals surface area contributed by atoms with Crippen LogP contribution in [0, 0.1) is 0 Å². The van der Waals surface area contributed by atoms with E-state index >= 15 is 0 Å².